The molecule has 19 heavy (non-hydrogen) atoms. The van der Waals surface area contributed by atoms with Crippen LogP contribution in [0, 0.1) is 0 Å². The lowest BCUT2D eigenvalue weighted by Gasteiger charge is -2.10. The molecule has 2 unspecified atom stereocenters. The van der Waals surface area contributed by atoms with Crippen molar-refractivity contribution in [3.8, 4) is 0 Å². The number of carbonyl (C=O) groups excluding carboxylic acids is 1. The molecule has 7 nitrogen and oxygen atoms in total. The van der Waals surface area contributed by atoms with Gasteiger partial charge in [-0.05, 0) is 18.6 Å². The minimum atomic E-state index is -0.440. The van der Waals surface area contributed by atoms with Gasteiger partial charge in [0.1, 0.15) is 0 Å². The Morgan fingerprint density at radius 3 is 3.21 bits per heavy atom. The molecule has 3 rings (SSSR count). The zero-order valence-electron chi connectivity index (χ0n) is 10.3. The van der Waals surface area contributed by atoms with Crippen LogP contribution < -0.4 is 10.6 Å². The Balaban J connectivity index is 1.64. The zero-order valence-corrected chi connectivity index (χ0v) is 10.3. The smallest absolute Gasteiger partial charge is 0.237 e. The van der Waals surface area contributed by atoms with Crippen molar-refractivity contribution in [1.82, 2.24) is 25.2 Å². The lowest BCUT2D eigenvalue weighted by atomic mass is 10.2. The molecule has 0 spiro atoms. The molecule has 0 aliphatic carbocycles. The van der Waals surface area contributed by atoms with Gasteiger partial charge in [0.15, 0.2) is 11.5 Å². The third-order valence-corrected chi connectivity index (χ3v) is 3.23. The maximum Gasteiger partial charge on any atom is 0.237 e. The molecule has 1 aliphatic rings. The van der Waals surface area contributed by atoms with Crippen LogP contribution in [0.15, 0.2) is 24.4 Å². The van der Waals surface area contributed by atoms with Crippen LogP contribution in [0.5, 0.6) is 0 Å². The molecular weight excluding hydrogens is 246 g/mol. The zero-order chi connectivity index (χ0) is 13.2. The molecule has 0 aromatic carbocycles. The molecule has 1 saturated heterocycles. The number of aromatic nitrogens is 3. The van der Waals surface area contributed by atoms with Crippen LogP contribution in [-0.2, 0) is 11.3 Å². The Morgan fingerprint density at radius 2 is 2.42 bits per heavy atom. The van der Waals surface area contributed by atoms with Gasteiger partial charge in [-0.2, -0.15) is 0 Å². The van der Waals surface area contributed by atoms with Gasteiger partial charge >= 0.3 is 0 Å². The van der Waals surface area contributed by atoms with E-state index in [4.69, 9.17) is 0 Å². The first-order chi connectivity index (χ1) is 9.24. The summed E-state index contributed by atoms with van der Waals surface area (Å²) in [5.41, 5.74) is 0.751. The van der Waals surface area contributed by atoms with Gasteiger partial charge < -0.3 is 15.7 Å². The fourth-order valence-corrected chi connectivity index (χ4v) is 2.22. The van der Waals surface area contributed by atoms with Crippen molar-refractivity contribution in [2.75, 3.05) is 6.54 Å². The van der Waals surface area contributed by atoms with Gasteiger partial charge in [-0.1, -0.05) is 6.07 Å². The van der Waals surface area contributed by atoms with E-state index in [1.54, 1.807) is 0 Å². The molecule has 1 fully saturated rings. The van der Waals surface area contributed by atoms with E-state index in [0.29, 0.717) is 25.3 Å². The van der Waals surface area contributed by atoms with Gasteiger partial charge in [-0.3, -0.25) is 9.20 Å². The van der Waals surface area contributed by atoms with E-state index in [-0.39, 0.29) is 11.9 Å². The number of β-amino-alcohol motifs (C(OH)–C–C–N with tert-alkyl or cyclic N) is 1. The number of aliphatic hydroxyl groups is 1. The van der Waals surface area contributed by atoms with E-state index in [0.717, 1.165) is 5.65 Å². The van der Waals surface area contributed by atoms with Crippen molar-refractivity contribution in [2.45, 2.75) is 25.1 Å². The van der Waals surface area contributed by atoms with Crippen molar-refractivity contribution in [2.24, 2.45) is 0 Å². The van der Waals surface area contributed by atoms with Crippen LogP contribution in [-0.4, -0.2) is 44.3 Å². The van der Waals surface area contributed by atoms with Gasteiger partial charge in [-0.15, -0.1) is 10.2 Å². The quantitative estimate of drug-likeness (QED) is 0.664. The summed E-state index contributed by atoms with van der Waals surface area (Å²) in [5, 5.41) is 23.2. The first kappa shape index (κ1) is 12.1. The van der Waals surface area contributed by atoms with Crippen LogP contribution in [0.2, 0.25) is 0 Å². The first-order valence-corrected chi connectivity index (χ1v) is 6.22. The molecule has 2 atom stereocenters. The second-order valence-electron chi connectivity index (χ2n) is 4.61. The molecule has 7 heteroatoms. The molecule has 0 radical (unpaired) electrons. The highest BCUT2D eigenvalue weighted by molar-refractivity contribution is 5.82. The Bertz CT molecular complexity index is 597. The van der Waals surface area contributed by atoms with Crippen LogP contribution in [0.3, 0.4) is 0 Å². The number of aliphatic hydroxyl groups excluding tert-OH is 1. The number of pyridine rings is 1. The molecule has 2 aromatic heterocycles. The number of carbonyl (C=O) groups is 1. The van der Waals surface area contributed by atoms with Crippen molar-refractivity contribution < 1.29 is 9.90 Å². The van der Waals surface area contributed by atoms with Crippen LogP contribution in [0.25, 0.3) is 5.65 Å². The summed E-state index contributed by atoms with van der Waals surface area (Å²) in [4.78, 5) is 11.9. The van der Waals surface area contributed by atoms with Crippen LogP contribution in [0.1, 0.15) is 12.2 Å². The van der Waals surface area contributed by atoms with Crippen molar-refractivity contribution in [3.05, 3.63) is 30.2 Å². The van der Waals surface area contributed by atoms with Crippen molar-refractivity contribution in [3.63, 3.8) is 0 Å². The molecule has 100 valence electrons. The maximum atomic E-state index is 11.9. The van der Waals surface area contributed by atoms with Gasteiger partial charge in [0.05, 0.1) is 18.7 Å². The third kappa shape index (κ3) is 2.42. The Morgan fingerprint density at radius 1 is 1.53 bits per heavy atom. The number of nitrogens with one attached hydrogen (secondary N) is 2. The van der Waals surface area contributed by atoms with E-state index in [9.17, 15) is 9.90 Å². The summed E-state index contributed by atoms with van der Waals surface area (Å²) in [5.74, 6) is 0.562. The molecule has 2 aromatic rings. The van der Waals surface area contributed by atoms with E-state index in [1.165, 1.54) is 0 Å². The minimum Gasteiger partial charge on any atom is -0.392 e. The lowest BCUT2D eigenvalue weighted by Crippen LogP contribution is -2.40. The number of nitrogens with zero attached hydrogens (tertiary/aromatic N) is 3. The van der Waals surface area contributed by atoms with Gasteiger partial charge in [0.25, 0.3) is 0 Å². The molecular formula is C12H15N5O2. The van der Waals surface area contributed by atoms with Gasteiger partial charge in [-0.25, -0.2) is 0 Å². The predicted octanol–water partition coefficient (Wildman–Crippen LogP) is -0.932. The van der Waals surface area contributed by atoms with E-state index in [1.807, 2.05) is 28.8 Å². The number of fused-ring (bicyclic) bond motifs is 1. The number of amides is 1. The number of hydrogen-bond acceptors (Lipinski definition) is 5. The summed E-state index contributed by atoms with van der Waals surface area (Å²) in [6, 6.07) is 5.30. The maximum absolute atomic E-state index is 11.9. The average molecular weight is 261 g/mol. The molecule has 1 amide bonds. The summed E-state index contributed by atoms with van der Waals surface area (Å²) in [6.45, 7) is 0.782. The van der Waals surface area contributed by atoms with Crippen LogP contribution >= 0.6 is 0 Å². The highest BCUT2D eigenvalue weighted by atomic mass is 16.3. The standard InChI is InChI=1S/C12H15N5O2/c18-8-5-9(13-6-8)12(19)14-7-11-16-15-10-3-1-2-4-17(10)11/h1-4,8-9,13,18H,5-7H2,(H,14,19). The number of hydrogen-bond donors (Lipinski definition) is 3. The fourth-order valence-electron chi connectivity index (χ4n) is 2.22. The molecule has 0 bridgehead atoms. The molecule has 0 saturated carbocycles. The fraction of sp³-hybridized carbons (Fsp3) is 0.417. The summed E-state index contributed by atoms with van der Waals surface area (Å²) in [6.07, 6.45) is 1.87. The Labute approximate surface area is 109 Å². The minimum absolute atomic E-state index is 0.121. The largest absolute Gasteiger partial charge is 0.392 e. The first-order valence-electron chi connectivity index (χ1n) is 6.22. The van der Waals surface area contributed by atoms with E-state index < -0.39 is 6.10 Å². The normalized spacial score (nSPS) is 22.8. The Hall–Kier alpha value is -1.99. The third-order valence-electron chi connectivity index (χ3n) is 3.23. The SMILES string of the molecule is O=C(NCc1nnc2ccccn12)C1CC(O)CN1. The Kier molecular flexibility index (Phi) is 3.14. The summed E-state index contributed by atoms with van der Waals surface area (Å²) in [7, 11) is 0. The second-order valence-corrected chi connectivity index (χ2v) is 4.61. The monoisotopic (exact) mass is 261 g/mol. The summed E-state index contributed by atoms with van der Waals surface area (Å²) < 4.78 is 1.83. The lowest BCUT2D eigenvalue weighted by molar-refractivity contribution is -0.123. The van der Waals surface area contributed by atoms with Crippen molar-refractivity contribution >= 4 is 11.6 Å². The van der Waals surface area contributed by atoms with Gasteiger partial charge in [0, 0.05) is 12.7 Å². The van der Waals surface area contributed by atoms with E-state index >= 15 is 0 Å². The summed E-state index contributed by atoms with van der Waals surface area (Å²) >= 11 is 0. The van der Waals surface area contributed by atoms with E-state index in [2.05, 4.69) is 20.8 Å². The second kappa shape index (κ2) is 4.94. The molecule has 3 heterocycles. The predicted molar refractivity (Wildman–Crippen MR) is 67.2 cm³/mol. The molecule has 1 aliphatic heterocycles. The topological polar surface area (TPSA) is 91.6 Å². The number of rotatable bonds is 3. The average Bonchev–Trinajstić information content (AvgIpc) is 3.02. The van der Waals surface area contributed by atoms with Crippen LogP contribution in [0.4, 0.5) is 0 Å². The highest BCUT2D eigenvalue weighted by Gasteiger charge is 2.27. The van der Waals surface area contributed by atoms with Crippen molar-refractivity contribution in [1.29, 1.82) is 0 Å². The highest BCUT2D eigenvalue weighted by Crippen LogP contribution is 2.07. The van der Waals surface area contributed by atoms with Gasteiger partial charge in [0.2, 0.25) is 5.91 Å². The molecule has 3 N–H and O–H groups in total.